The molecule has 0 aliphatic rings. The van der Waals surface area contributed by atoms with Crippen molar-refractivity contribution in [2.24, 2.45) is 7.05 Å². The monoisotopic (exact) mass is 308 g/mol. The van der Waals surface area contributed by atoms with E-state index in [1.165, 1.54) is 16.8 Å². The van der Waals surface area contributed by atoms with Crippen molar-refractivity contribution < 1.29 is 9.72 Å². The van der Waals surface area contributed by atoms with Crippen molar-refractivity contribution in [3.8, 4) is 0 Å². The van der Waals surface area contributed by atoms with E-state index in [1.807, 2.05) is 0 Å². The van der Waals surface area contributed by atoms with Gasteiger partial charge in [-0.1, -0.05) is 17.7 Å². The number of aryl methyl sites for hydroxylation is 3. The van der Waals surface area contributed by atoms with Crippen LogP contribution >= 0.6 is 11.6 Å². The summed E-state index contributed by atoms with van der Waals surface area (Å²) in [6, 6.07) is 4.26. The average Bonchev–Trinajstić information content (AvgIpc) is 2.65. The lowest BCUT2D eigenvalue weighted by atomic mass is 10.1. The van der Waals surface area contributed by atoms with Crippen LogP contribution in [0.4, 0.5) is 11.4 Å². The third-order valence-electron chi connectivity index (χ3n) is 3.04. The summed E-state index contributed by atoms with van der Waals surface area (Å²) in [6.45, 7) is 3.44. The summed E-state index contributed by atoms with van der Waals surface area (Å²) in [4.78, 5) is 22.5. The van der Waals surface area contributed by atoms with Crippen LogP contribution in [0.15, 0.2) is 18.2 Å². The average molecular weight is 309 g/mol. The number of hydrogen-bond donors (Lipinski definition) is 1. The summed E-state index contributed by atoms with van der Waals surface area (Å²) in [5.41, 5.74) is 1.73. The zero-order chi connectivity index (χ0) is 15.7. The van der Waals surface area contributed by atoms with E-state index in [0.29, 0.717) is 16.9 Å². The van der Waals surface area contributed by atoms with Crippen molar-refractivity contribution in [1.82, 2.24) is 9.78 Å². The van der Waals surface area contributed by atoms with Crippen LogP contribution in [0.2, 0.25) is 5.02 Å². The van der Waals surface area contributed by atoms with Gasteiger partial charge in [-0.3, -0.25) is 19.6 Å². The lowest BCUT2D eigenvalue weighted by Crippen LogP contribution is -2.17. The van der Waals surface area contributed by atoms with Crippen molar-refractivity contribution in [2.75, 3.05) is 5.32 Å². The van der Waals surface area contributed by atoms with Crippen molar-refractivity contribution >= 4 is 28.9 Å². The second kappa shape index (κ2) is 5.53. The number of nitrogens with zero attached hydrogens (tertiary/aromatic N) is 3. The summed E-state index contributed by atoms with van der Waals surface area (Å²) >= 11 is 6.04. The molecule has 0 spiro atoms. The zero-order valence-electron chi connectivity index (χ0n) is 11.7. The van der Waals surface area contributed by atoms with E-state index in [-0.39, 0.29) is 16.4 Å². The van der Waals surface area contributed by atoms with Crippen LogP contribution in [0, 0.1) is 24.0 Å². The molecule has 8 heteroatoms. The number of nitro benzene ring substituents is 1. The van der Waals surface area contributed by atoms with Crippen LogP contribution < -0.4 is 5.32 Å². The first kappa shape index (κ1) is 15.0. The van der Waals surface area contributed by atoms with E-state index in [4.69, 9.17) is 11.6 Å². The minimum Gasteiger partial charge on any atom is -0.320 e. The van der Waals surface area contributed by atoms with Gasteiger partial charge in [0.05, 0.1) is 21.3 Å². The molecular weight excluding hydrogens is 296 g/mol. The number of halogens is 1. The quantitative estimate of drug-likeness (QED) is 0.697. The highest BCUT2D eigenvalue weighted by Crippen LogP contribution is 2.24. The van der Waals surface area contributed by atoms with Crippen LogP contribution in [0.3, 0.4) is 0 Å². The van der Waals surface area contributed by atoms with E-state index in [9.17, 15) is 14.9 Å². The number of anilines is 1. The van der Waals surface area contributed by atoms with Gasteiger partial charge in [-0.05, 0) is 19.4 Å². The van der Waals surface area contributed by atoms with Crippen LogP contribution in [0.25, 0.3) is 0 Å². The summed E-state index contributed by atoms with van der Waals surface area (Å²) in [5.74, 6) is -0.466. The first-order valence-corrected chi connectivity index (χ1v) is 6.44. The molecule has 21 heavy (non-hydrogen) atoms. The predicted octanol–water partition coefficient (Wildman–Crippen LogP) is 2.85. The van der Waals surface area contributed by atoms with Crippen molar-refractivity contribution in [2.45, 2.75) is 13.8 Å². The first-order valence-electron chi connectivity index (χ1n) is 6.06. The highest BCUT2D eigenvalue weighted by Gasteiger charge is 2.20. The summed E-state index contributed by atoms with van der Waals surface area (Å²) in [6.07, 6.45) is 0. The van der Waals surface area contributed by atoms with Gasteiger partial charge in [-0.15, -0.1) is 0 Å². The van der Waals surface area contributed by atoms with Gasteiger partial charge in [0.25, 0.3) is 11.6 Å². The van der Waals surface area contributed by atoms with E-state index in [0.717, 1.165) is 0 Å². The Kier molecular flexibility index (Phi) is 3.95. The lowest BCUT2D eigenvalue weighted by Gasteiger charge is -2.08. The van der Waals surface area contributed by atoms with Gasteiger partial charge in [0, 0.05) is 19.2 Å². The van der Waals surface area contributed by atoms with Crippen LogP contribution in [-0.4, -0.2) is 20.6 Å². The smallest absolute Gasteiger partial charge is 0.275 e. The molecule has 0 radical (unpaired) electrons. The van der Waals surface area contributed by atoms with E-state index in [2.05, 4.69) is 10.4 Å². The number of carbonyl (C=O) groups is 1. The number of amides is 1. The third-order valence-corrected chi connectivity index (χ3v) is 3.50. The predicted molar refractivity (Wildman–Crippen MR) is 78.7 cm³/mol. The zero-order valence-corrected chi connectivity index (χ0v) is 12.4. The number of hydrogen-bond acceptors (Lipinski definition) is 4. The normalized spacial score (nSPS) is 10.5. The van der Waals surface area contributed by atoms with E-state index >= 15 is 0 Å². The number of rotatable bonds is 3. The molecule has 0 unspecified atom stereocenters. The van der Waals surface area contributed by atoms with Crippen LogP contribution in [0.1, 0.15) is 21.7 Å². The van der Waals surface area contributed by atoms with E-state index < -0.39 is 10.8 Å². The van der Waals surface area contributed by atoms with Gasteiger partial charge in [0.15, 0.2) is 0 Å². The van der Waals surface area contributed by atoms with Gasteiger partial charge in [0.2, 0.25) is 0 Å². The highest BCUT2D eigenvalue weighted by molar-refractivity contribution is 6.34. The Morgan fingerprint density at radius 3 is 2.62 bits per heavy atom. The summed E-state index contributed by atoms with van der Waals surface area (Å²) < 4.78 is 1.37. The van der Waals surface area contributed by atoms with Gasteiger partial charge in [-0.25, -0.2) is 0 Å². The molecule has 110 valence electrons. The molecule has 0 aliphatic carbocycles. The van der Waals surface area contributed by atoms with Crippen molar-refractivity contribution in [3.63, 3.8) is 0 Å². The third kappa shape index (κ3) is 2.87. The molecule has 1 aromatic carbocycles. The van der Waals surface area contributed by atoms with Crippen molar-refractivity contribution in [1.29, 1.82) is 0 Å². The molecule has 0 fully saturated rings. The number of nitrogens with one attached hydrogen (secondary N) is 1. The molecule has 0 bridgehead atoms. The largest absolute Gasteiger partial charge is 0.320 e. The van der Waals surface area contributed by atoms with Gasteiger partial charge < -0.3 is 5.32 Å². The topological polar surface area (TPSA) is 90.1 Å². The fourth-order valence-electron chi connectivity index (χ4n) is 1.92. The lowest BCUT2D eigenvalue weighted by molar-refractivity contribution is -0.384. The number of aromatic nitrogens is 2. The fraction of sp³-hybridized carbons (Fsp3) is 0.231. The Hall–Kier alpha value is -2.41. The minimum absolute atomic E-state index is 0.0943. The van der Waals surface area contributed by atoms with Crippen LogP contribution in [-0.2, 0) is 7.05 Å². The Morgan fingerprint density at radius 1 is 1.43 bits per heavy atom. The Labute approximate surface area is 125 Å². The molecule has 0 aliphatic heterocycles. The molecule has 1 amide bonds. The molecule has 1 N–H and O–H groups in total. The number of non-ortho nitro benzene ring substituents is 1. The molecule has 0 saturated heterocycles. The molecule has 2 aromatic rings. The maximum absolute atomic E-state index is 12.3. The molecule has 1 aromatic heterocycles. The molecule has 1 heterocycles. The summed E-state index contributed by atoms with van der Waals surface area (Å²) in [5, 5.41) is 17.7. The Balaban J connectivity index is 2.35. The SMILES string of the molecule is Cc1ccc([N+](=O)[O-])cc1NC(=O)c1c(Cl)c(C)nn1C. The molecule has 2 rings (SSSR count). The molecule has 0 saturated carbocycles. The number of carbonyl (C=O) groups excluding carboxylic acids is 1. The highest BCUT2D eigenvalue weighted by atomic mass is 35.5. The van der Waals surface area contributed by atoms with Crippen LogP contribution in [0.5, 0.6) is 0 Å². The Morgan fingerprint density at radius 2 is 2.10 bits per heavy atom. The van der Waals surface area contributed by atoms with Gasteiger partial charge >= 0.3 is 0 Å². The summed E-state index contributed by atoms with van der Waals surface area (Å²) in [7, 11) is 1.61. The standard InChI is InChI=1S/C13H13ClN4O3/c1-7-4-5-9(18(20)21)6-10(7)15-13(19)12-11(14)8(2)16-17(12)3/h4-6H,1-3H3,(H,15,19). The maximum Gasteiger partial charge on any atom is 0.275 e. The first-order chi connectivity index (χ1) is 9.81. The fourth-order valence-corrected chi connectivity index (χ4v) is 2.16. The van der Waals surface area contributed by atoms with E-state index in [1.54, 1.807) is 27.0 Å². The Bertz CT molecular complexity index is 739. The number of benzene rings is 1. The molecular formula is C13H13ClN4O3. The molecule has 7 nitrogen and oxygen atoms in total. The number of nitro groups is 1. The van der Waals surface area contributed by atoms with Crippen molar-refractivity contribution in [3.05, 3.63) is 50.3 Å². The minimum atomic E-state index is -0.518. The second-order valence-corrected chi connectivity index (χ2v) is 4.96. The van der Waals surface area contributed by atoms with Gasteiger partial charge in [0.1, 0.15) is 5.69 Å². The second-order valence-electron chi connectivity index (χ2n) is 4.58. The van der Waals surface area contributed by atoms with Gasteiger partial charge in [-0.2, -0.15) is 5.10 Å². The maximum atomic E-state index is 12.3. The molecule has 0 atom stereocenters.